The number of fused-ring (bicyclic) bond motifs is 1. The van der Waals surface area contributed by atoms with Crippen LogP contribution in [0.5, 0.6) is 23.0 Å². The van der Waals surface area contributed by atoms with Gasteiger partial charge in [-0.2, -0.15) is 5.26 Å². The lowest BCUT2D eigenvalue weighted by molar-refractivity contribution is -0.144. The molecule has 0 amide bonds. The molecule has 1 aliphatic heterocycles. The van der Waals surface area contributed by atoms with Gasteiger partial charge in [-0.15, -0.1) is 0 Å². The highest BCUT2D eigenvalue weighted by Gasteiger charge is 2.29. The minimum Gasteiger partial charge on any atom is -0.493 e. The average molecular weight is 448 g/mol. The molecule has 0 saturated heterocycles. The van der Waals surface area contributed by atoms with E-state index in [1.54, 1.807) is 66.7 Å². The predicted octanol–water partition coefficient (Wildman–Crippen LogP) is 5.16. The molecule has 6 nitrogen and oxygen atoms in total. The van der Waals surface area contributed by atoms with E-state index in [4.69, 9.17) is 30.5 Å². The number of allylic oxidation sites excluding steroid dienone is 1. The number of hydrogen-bond acceptors (Lipinski definition) is 6. The van der Waals surface area contributed by atoms with Gasteiger partial charge in [-0.1, -0.05) is 41.9 Å². The summed E-state index contributed by atoms with van der Waals surface area (Å²) in [5.74, 6) is 1.05. The molecule has 1 atom stereocenters. The van der Waals surface area contributed by atoms with Gasteiger partial charge in [0, 0.05) is 5.02 Å². The number of carbonyl (C=O) groups is 1. The van der Waals surface area contributed by atoms with Crippen LogP contribution < -0.4 is 18.9 Å². The van der Waals surface area contributed by atoms with Crippen molar-refractivity contribution in [3.8, 4) is 29.1 Å². The van der Waals surface area contributed by atoms with E-state index in [2.05, 4.69) is 6.07 Å². The SMILES string of the molecule is COc1cc(/C=C(/C#N)c2ccc(Cl)cc2)ccc1OC(=O)C1COc2ccccc2O1. The van der Waals surface area contributed by atoms with E-state index in [9.17, 15) is 10.1 Å². The Balaban J connectivity index is 1.52. The Bertz CT molecular complexity index is 1210. The van der Waals surface area contributed by atoms with Gasteiger partial charge in [0.05, 0.1) is 18.8 Å². The summed E-state index contributed by atoms with van der Waals surface area (Å²) in [6.07, 6.45) is 0.816. The first-order chi connectivity index (χ1) is 15.6. The number of para-hydroxylation sites is 2. The van der Waals surface area contributed by atoms with Gasteiger partial charge in [0.25, 0.3) is 0 Å². The molecule has 3 aromatic rings. The van der Waals surface area contributed by atoms with Crippen LogP contribution in [0.4, 0.5) is 0 Å². The maximum Gasteiger partial charge on any atom is 0.356 e. The minimum absolute atomic E-state index is 0.0472. The molecule has 3 aromatic carbocycles. The number of carbonyl (C=O) groups excluding carboxylic acids is 1. The summed E-state index contributed by atoms with van der Waals surface area (Å²) >= 11 is 5.92. The molecule has 160 valence electrons. The van der Waals surface area contributed by atoms with Gasteiger partial charge in [-0.3, -0.25) is 0 Å². The zero-order chi connectivity index (χ0) is 22.5. The van der Waals surface area contributed by atoms with Crippen LogP contribution in [0.3, 0.4) is 0 Å². The summed E-state index contributed by atoms with van der Waals surface area (Å²) in [6, 6.07) is 21.3. The summed E-state index contributed by atoms with van der Waals surface area (Å²) in [6.45, 7) is 0.0472. The molecule has 4 rings (SSSR count). The minimum atomic E-state index is -0.899. The number of methoxy groups -OCH3 is 1. The fraction of sp³-hybridized carbons (Fsp3) is 0.120. The smallest absolute Gasteiger partial charge is 0.356 e. The number of benzene rings is 3. The molecule has 0 aliphatic carbocycles. The number of halogens is 1. The first kappa shape index (κ1) is 21.3. The number of nitrogens with zero attached hydrogens (tertiary/aromatic N) is 1. The standard InChI is InChI=1S/C25H18ClNO5/c1-29-23-13-16(12-18(14-27)17-7-9-19(26)10-8-17)6-11-22(23)32-25(28)24-15-30-20-4-2-3-5-21(20)31-24/h2-13,24H,15H2,1H3/b18-12-. The number of ether oxygens (including phenoxy) is 4. The number of rotatable bonds is 5. The van der Waals surface area contributed by atoms with E-state index >= 15 is 0 Å². The highest BCUT2D eigenvalue weighted by Crippen LogP contribution is 2.33. The van der Waals surface area contributed by atoms with Crippen LogP contribution in [0.1, 0.15) is 11.1 Å². The van der Waals surface area contributed by atoms with E-state index in [1.807, 2.05) is 6.07 Å². The summed E-state index contributed by atoms with van der Waals surface area (Å²) < 4.78 is 22.2. The van der Waals surface area contributed by atoms with Crippen LogP contribution in [0.25, 0.3) is 11.6 Å². The molecule has 0 aromatic heterocycles. The molecule has 7 heteroatoms. The van der Waals surface area contributed by atoms with Gasteiger partial charge in [0.2, 0.25) is 6.10 Å². The fourth-order valence-electron chi connectivity index (χ4n) is 3.14. The van der Waals surface area contributed by atoms with Crippen LogP contribution >= 0.6 is 11.6 Å². The number of esters is 1. The zero-order valence-electron chi connectivity index (χ0n) is 17.1. The van der Waals surface area contributed by atoms with Crippen LogP contribution in [0.15, 0.2) is 66.7 Å². The Morgan fingerprint density at radius 2 is 1.84 bits per heavy atom. The van der Waals surface area contributed by atoms with Gasteiger partial charge in [0.15, 0.2) is 23.0 Å². The molecule has 1 aliphatic rings. The Kier molecular flexibility index (Phi) is 6.29. The van der Waals surface area contributed by atoms with Crippen molar-refractivity contribution in [3.05, 3.63) is 82.9 Å². The first-order valence-electron chi connectivity index (χ1n) is 9.73. The van der Waals surface area contributed by atoms with Crippen LogP contribution in [0.2, 0.25) is 5.02 Å². The Morgan fingerprint density at radius 1 is 1.09 bits per heavy atom. The van der Waals surface area contributed by atoms with Crippen molar-refractivity contribution in [2.75, 3.05) is 13.7 Å². The van der Waals surface area contributed by atoms with Crippen molar-refractivity contribution in [1.82, 2.24) is 0 Å². The topological polar surface area (TPSA) is 77.8 Å². The first-order valence-corrected chi connectivity index (χ1v) is 10.1. The summed E-state index contributed by atoms with van der Waals surface area (Å²) in [5, 5.41) is 10.1. The van der Waals surface area contributed by atoms with Crippen molar-refractivity contribution >= 4 is 29.2 Å². The lowest BCUT2D eigenvalue weighted by Gasteiger charge is -2.25. The van der Waals surface area contributed by atoms with Crippen molar-refractivity contribution in [1.29, 1.82) is 5.26 Å². The third-order valence-corrected chi connectivity index (χ3v) is 5.01. The third-order valence-electron chi connectivity index (χ3n) is 4.76. The van der Waals surface area contributed by atoms with Crippen LogP contribution in [-0.2, 0) is 4.79 Å². The molecular formula is C25H18ClNO5. The molecule has 0 N–H and O–H groups in total. The number of nitriles is 1. The van der Waals surface area contributed by atoms with E-state index < -0.39 is 12.1 Å². The van der Waals surface area contributed by atoms with Crippen molar-refractivity contribution in [3.63, 3.8) is 0 Å². The summed E-state index contributed by atoms with van der Waals surface area (Å²) in [5.41, 5.74) is 1.90. The monoisotopic (exact) mass is 447 g/mol. The van der Waals surface area contributed by atoms with Gasteiger partial charge in [0.1, 0.15) is 6.61 Å². The highest BCUT2D eigenvalue weighted by atomic mass is 35.5. The second kappa shape index (κ2) is 9.46. The van der Waals surface area contributed by atoms with Crippen molar-refractivity contribution < 1.29 is 23.7 Å². The van der Waals surface area contributed by atoms with Gasteiger partial charge in [-0.05, 0) is 53.6 Å². The second-order valence-electron chi connectivity index (χ2n) is 6.87. The summed E-state index contributed by atoms with van der Waals surface area (Å²) in [4.78, 5) is 12.6. The van der Waals surface area contributed by atoms with Gasteiger partial charge < -0.3 is 18.9 Å². The Morgan fingerprint density at radius 3 is 2.56 bits per heavy atom. The maximum absolute atomic E-state index is 12.6. The molecular weight excluding hydrogens is 430 g/mol. The summed E-state index contributed by atoms with van der Waals surface area (Å²) in [7, 11) is 1.47. The van der Waals surface area contributed by atoms with Crippen molar-refractivity contribution in [2.24, 2.45) is 0 Å². The molecule has 1 unspecified atom stereocenters. The zero-order valence-corrected chi connectivity index (χ0v) is 17.8. The van der Waals surface area contributed by atoms with Crippen molar-refractivity contribution in [2.45, 2.75) is 6.10 Å². The molecule has 32 heavy (non-hydrogen) atoms. The van der Waals surface area contributed by atoms with E-state index in [0.717, 1.165) is 5.56 Å². The molecule has 0 saturated carbocycles. The highest BCUT2D eigenvalue weighted by molar-refractivity contribution is 6.30. The largest absolute Gasteiger partial charge is 0.493 e. The average Bonchev–Trinajstić information content (AvgIpc) is 2.83. The lowest BCUT2D eigenvalue weighted by atomic mass is 10.0. The van der Waals surface area contributed by atoms with Crippen LogP contribution in [0, 0.1) is 11.3 Å². The van der Waals surface area contributed by atoms with E-state index in [-0.39, 0.29) is 12.4 Å². The normalized spacial score (nSPS) is 14.9. The molecule has 0 bridgehead atoms. The molecule has 0 radical (unpaired) electrons. The Hall–Kier alpha value is -3.95. The fourth-order valence-corrected chi connectivity index (χ4v) is 3.27. The van der Waals surface area contributed by atoms with E-state index in [0.29, 0.717) is 33.4 Å². The molecule has 1 heterocycles. The third kappa shape index (κ3) is 4.69. The second-order valence-corrected chi connectivity index (χ2v) is 7.31. The van der Waals surface area contributed by atoms with Gasteiger partial charge >= 0.3 is 5.97 Å². The quantitative estimate of drug-likeness (QED) is 0.233. The maximum atomic E-state index is 12.6. The number of hydrogen-bond donors (Lipinski definition) is 0. The van der Waals surface area contributed by atoms with Crippen LogP contribution in [-0.4, -0.2) is 25.8 Å². The lowest BCUT2D eigenvalue weighted by Crippen LogP contribution is -2.39. The van der Waals surface area contributed by atoms with Gasteiger partial charge in [-0.25, -0.2) is 4.79 Å². The Labute approximate surface area is 190 Å². The molecule has 0 fully saturated rings. The van der Waals surface area contributed by atoms with E-state index in [1.165, 1.54) is 7.11 Å². The predicted molar refractivity (Wildman–Crippen MR) is 120 cm³/mol. The molecule has 0 spiro atoms.